The molecule has 0 aromatic rings. The lowest BCUT2D eigenvalue weighted by Gasteiger charge is -1.96. The van der Waals surface area contributed by atoms with Crippen LogP contribution in [0.5, 0.6) is 0 Å². The second-order valence-electron chi connectivity index (χ2n) is 3.34. The van der Waals surface area contributed by atoms with Gasteiger partial charge >= 0.3 is 0 Å². The van der Waals surface area contributed by atoms with Gasteiger partial charge in [0, 0.05) is 0 Å². The molecule has 0 unspecified atom stereocenters. The molecule has 0 saturated carbocycles. The smallest absolute Gasteiger partial charge is 0.268 e. The second kappa shape index (κ2) is 5.07. The summed E-state index contributed by atoms with van der Waals surface area (Å²) in [5, 5.41) is 0. The summed E-state index contributed by atoms with van der Waals surface area (Å²) in [6, 6.07) is 0. The summed E-state index contributed by atoms with van der Waals surface area (Å²) < 4.78 is 29.4. The third-order valence-electron chi connectivity index (χ3n) is 1.23. The van der Waals surface area contributed by atoms with E-state index in [0.29, 0.717) is 5.57 Å². The second-order valence-corrected chi connectivity index (χ2v) is 4.79. The summed E-state index contributed by atoms with van der Waals surface area (Å²) in [4.78, 5) is 11.1. The number of carbonyl (C=O) groups is 1. The minimum absolute atomic E-state index is 0.272. The van der Waals surface area contributed by atoms with Gasteiger partial charge in [0.15, 0.2) is 5.78 Å². The predicted molar refractivity (Wildman–Crippen MR) is 54.6 cm³/mol. The zero-order valence-corrected chi connectivity index (χ0v) is 9.26. The van der Waals surface area contributed by atoms with Crippen LogP contribution in [0.15, 0.2) is 23.3 Å². The van der Waals surface area contributed by atoms with Crippen molar-refractivity contribution >= 4 is 15.9 Å². The molecule has 0 amide bonds. The number of ketones is 1. The van der Waals surface area contributed by atoms with E-state index in [1.54, 1.807) is 13.8 Å². The quantitative estimate of drug-likeness (QED) is 0.571. The monoisotopic (exact) mass is 218 g/mol. The molecule has 0 fully saturated rings. The summed E-state index contributed by atoms with van der Waals surface area (Å²) in [5.41, 5.74) is 1.15. The van der Waals surface area contributed by atoms with Crippen molar-refractivity contribution in [3.8, 4) is 0 Å². The van der Waals surface area contributed by atoms with Gasteiger partial charge in [-0.05, 0) is 32.9 Å². The standard InChI is InChI=1S/C9H14O4S/c1-7(2)4-9(10)5-8(3)6-14(11,12)13/h4-5H,6H2,1-3H3,(H,11,12,13). The van der Waals surface area contributed by atoms with Crippen molar-refractivity contribution in [2.24, 2.45) is 0 Å². The van der Waals surface area contributed by atoms with Crippen molar-refractivity contribution < 1.29 is 17.8 Å². The van der Waals surface area contributed by atoms with Crippen LogP contribution in [0.4, 0.5) is 0 Å². The fourth-order valence-corrected chi connectivity index (χ4v) is 1.56. The Morgan fingerprint density at radius 2 is 1.71 bits per heavy atom. The van der Waals surface area contributed by atoms with Gasteiger partial charge in [-0.1, -0.05) is 11.1 Å². The van der Waals surface area contributed by atoms with E-state index in [0.717, 1.165) is 5.57 Å². The van der Waals surface area contributed by atoms with Crippen LogP contribution in [-0.2, 0) is 14.9 Å². The summed E-state index contributed by atoms with van der Waals surface area (Å²) in [5.74, 6) is -0.777. The van der Waals surface area contributed by atoms with E-state index >= 15 is 0 Å². The molecule has 1 N–H and O–H groups in total. The maximum atomic E-state index is 11.1. The first-order chi connectivity index (χ1) is 6.20. The lowest BCUT2D eigenvalue weighted by atomic mass is 10.2. The molecule has 0 rings (SSSR count). The van der Waals surface area contributed by atoms with Gasteiger partial charge in [-0.2, -0.15) is 8.42 Å². The summed E-state index contributed by atoms with van der Waals surface area (Å²) in [7, 11) is -4.04. The van der Waals surface area contributed by atoms with Gasteiger partial charge in [-0.3, -0.25) is 9.35 Å². The van der Waals surface area contributed by atoms with E-state index in [9.17, 15) is 13.2 Å². The van der Waals surface area contributed by atoms with Crippen molar-refractivity contribution in [2.45, 2.75) is 20.8 Å². The van der Waals surface area contributed by atoms with Crippen molar-refractivity contribution in [2.75, 3.05) is 5.75 Å². The number of carbonyl (C=O) groups excluding carboxylic acids is 1. The lowest BCUT2D eigenvalue weighted by molar-refractivity contribution is -0.110. The Balaban J connectivity index is 4.55. The average molecular weight is 218 g/mol. The van der Waals surface area contributed by atoms with Crippen molar-refractivity contribution in [3.05, 3.63) is 23.3 Å². The molecule has 0 aromatic carbocycles. The lowest BCUT2D eigenvalue weighted by Crippen LogP contribution is -2.05. The maximum absolute atomic E-state index is 11.1. The molecule has 0 bridgehead atoms. The van der Waals surface area contributed by atoms with Gasteiger partial charge < -0.3 is 0 Å². The highest BCUT2D eigenvalue weighted by Gasteiger charge is 2.06. The summed E-state index contributed by atoms with van der Waals surface area (Å²) >= 11 is 0. The largest absolute Gasteiger partial charge is 0.290 e. The molecule has 0 spiro atoms. The van der Waals surface area contributed by atoms with E-state index in [2.05, 4.69) is 0 Å². The van der Waals surface area contributed by atoms with E-state index in [4.69, 9.17) is 4.55 Å². The topological polar surface area (TPSA) is 71.4 Å². The Hall–Kier alpha value is -0.940. The molecular formula is C9H14O4S. The van der Waals surface area contributed by atoms with Crippen LogP contribution in [0.1, 0.15) is 20.8 Å². The van der Waals surface area contributed by atoms with Gasteiger partial charge in [0.25, 0.3) is 10.1 Å². The van der Waals surface area contributed by atoms with Crippen LogP contribution in [-0.4, -0.2) is 24.5 Å². The van der Waals surface area contributed by atoms with Crippen LogP contribution in [0.25, 0.3) is 0 Å². The first-order valence-electron chi connectivity index (χ1n) is 4.02. The maximum Gasteiger partial charge on any atom is 0.268 e. The molecule has 0 heterocycles. The molecule has 0 radical (unpaired) electrons. The summed E-state index contributed by atoms with van der Waals surface area (Å²) in [6.45, 7) is 5.01. The van der Waals surface area contributed by atoms with Gasteiger partial charge in [-0.15, -0.1) is 0 Å². The molecule has 0 aliphatic carbocycles. The third-order valence-corrected chi connectivity index (χ3v) is 2.05. The SMILES string of the molecule is CC(C)=CC(=O)C=C(C)CS(=O)(=O)O. The number of hydrogen-bond acceptors (Lipinski definition) is 3. The van der Waals surface area contributed by atoms with Crippen LogP contribution in [0.3, 0.4) is 0 Å². The average Bonchev–Trinajstić information content (AvgIpc) is 1.77. The normalized spacial score (nSPS) is 12.4. The van der Waals surface area contributed by atoms with Gasteiger partial charge in [0.05, 0.1) is 5.75 Å². The highest BCUT2D eigenvalue weighted by Crippen LogP contribution is 1.99. The molecular weight excluding hydrogens is 204 g/mol. The number of hydrogen-bond donors (Lipinski definition) is 1. The predicted octanol–water partition coefficient (Wildman–Crippen LogP) is 1.36. The fourth-order valence-electron chi connectivity index (χ4n) is 0.898. The minimum atomic E-state index is -4.04. The Labute approximate surface area is 84.1 Å². The fraction of sp³-hybridized carbons (Fsp3) is 0.444. The van der Waals surface area contributed by atoms with Crippen LogP contribution < -0.4 is 0 Å². The van der Waals surface area contributed by atoms with Crippen LogP contribution in [0, 0.1) is 0 Å². The minimum Gasteiger partial charge on any atom is -0.290 e. The van der Waals surface area contributed by atoms with E-state index in [-0.39, 0.29) is 5.78 Å². The highest BCUT2D eigenvalue weighted by molar-refractivity contribution is 7.85. The van der Waals surface area contributed by atoms with Gasteiger partial charge in [0.2, 0.25) is 0 Å². The van der Waals surface area contributed by atoms with Crippen LogP contribution >= 0.6 is 0 Å². The van der Waals surface area contributed by atoms with E-state index < -0.39 is 15.9 Å². The first-order valence-corrected chi connectivity index (χ1v) is 5.63. The van der Waals surface area contributed by atoms with Gasteiger partial charge in [0.1, 0.15) is 0 Å². The Morgan fingerprint density at radius 3 is 2.07 bits per heavy atom. The number of rotatable bonds is 4. The Bertz CT molecular complexity index is 370. The third kappa shape index (κ3) is 7.70. The van der Waals surface area contributed by atoms with Crippen molar-refractivity contribution in [3.63, 3.8) is 0 Å². The molecule has 0 aromatic heterocycles. The molecule has 80 valence electrons. The summed E-state index contributed by atoms with van der Waals surface area (Å²) in [6.07, 6.45) is 2.59. The Morgan fingerprint density at radius 1 is 1.21 bits per heavy atom. The van der Waals surface area contributed by atoms with Crippen LogP contribution in [0.2, 0.25) is 0 Å². The molecule has 0 saturated heterocycles. The molecule has 0 aliphatic rings. The molecule has 14 heavy (non-hydrogen) atoms. The molecule has 0 atom stereocenters. The molecule has 4 nitrogen and oxygen atoms in total. The van der Waals surface area contributed by atoms with Crippen molar-refractivity contribution in [1.82, 2.24) is 0 Å². The van der Waals surface area contributed by atoms with Crippen molar-refractivity contribution in [1.29, 1.82) is 0 Å². The molecule has 5 heteroatoms. The molecule has 0 aliphatic heterocycles. The van der Waals surface area contributed by atoms with E-state index in [1.165, 1.54) is 19.1 Å². The first kappa shape index (κ1) is 13.1. The van der Waals surface area contributed by atoms with Gasteiger partial charge in [-0.25, -0.2) is 0 Å². The van der Waals surface area contributed by atoms with E-state index in [1.807, 2.05) is 0 Å². The zero-order chi connectivity index (χ0) is 11.4. The number of allylic oxidation sites excluding steroid dienone is 3. The highest BCUT2D eigenvalue weighted by atomic mass is 32.2. The Kier molecular flexibility index (Phi) is 4.73. The zero-order valence-electron chi connectivity index (χ0n) is 8.44.